The molecule has 0 saturated carbocycles. The van der Waals surface area contributed by atoms with Crippen LogP contribution in [-0.2, 0) is 4.74 Å². The minimum Gasteiger partial charge on any atom is -0.444 e. The number of rotatable bonds is 6. The van der Waals surface area contributed by atoms with Crippen molar-refractivity contribution in [1.82, 2.24) is 10.6 Å². The summed E-state index contributed by atoms with van der Waals surface area (Å²) in [6.45, 7) is 10.1. The van der Waals surface area contributed by atoms with E-state index in [0.29, 0.717) is 15.2 Å². The van der Waals surface area contributed by atoms with Crippen molar-refractivity contribution >= 4 is 40.6 Å². The molecular formula is C15H24Cl2N2O2S. The van der Waals surface area contributed by atoms with E-state index in [1.807, 2.05) is 33.8 Å². The van der Waals surface area contributed by atoms with Gasteiger partial charge in [0, 0.05) is 18.6 Å². The fourth-order valence-electron chi connectivity index (χ4n) is 1.93. The van der Waals surface area contributed by atoms with Crippen LogP contribution in [0.3, 0.4) is 0 Å². The number of thiophene rings is 1. The van der Waals surface area contributed by atoms with Crippen molar-refractivity contribution in [3.05, 3.63) is 20.3 Å². The quantitative estimate of drug-likeness (QED) is 0.743. The van der Waals surface area contributed by atoms with Crippen LogP contribution in [0, 0.1) is 0 Å². The van der Waals surface area contributed by atoms with Gasteiger partial charge in [0.1, 0.15) is 5.60 Å². The molecule has 1 rings (SSSR count). The molecule has 1 amide bonds. The van der Waals surface area contributed by atoms with E-state index in [1.165, 1.54) is 11.3 Å². The first kappa shape index (κ1) is 19.6. The van der Waals surface area contributed by atoms with Gasteiger partial charge in [0.25, 0.3) is 0 Å². The van der Waals surface area contributed by atoms with E-state index < -0.39 is 11.7 Å². The molecule has 1 heterocycles. The van der Waals surface area contributed by atoms with Gasteiger partial charge in [0.15, 0.2) is 0 Å². The van der Waals surface area contributed by atoms with Gasteiger partial charge in [-0.05, 0) is 45.7 Å². The van der Waals surface area contributed by atoms with E-state index in [0.717, 1.165) is 12.0 Å². The number of amides is 1. The highest BCUT2D eigenvalue weighted by molar-refractivity contribution is 7.20. The molecule has 0 saturated heterocycles. The minimum absolute atomic E-state index is 0.0571. The van der Waals surface area contributed by atoms with Gasteiger partial charge in [-0.1, -0.05) is 30.1 Å². The van der Waals surface area contributed by atoms with Crippen LogP contribution in [0.4, 0.5) is 4.79 Å². The van der Waals surface area contributed by atoms with Crippen LogP contribution >= 0.6 is 34.5 Å². The minimum atomic E-state index is -0.493. The number of carbonyl (C=O) groups excluding carboxylic acids is 1. The molecule has 7 heteroatoms. The van der Waals surface area contributed by atoms with E-state index in [9.17, 15) is 4.79 Å². The molecule has 1 aromatic heterocycles. The maximum atomic E-state index is 11.7. The summed E-state index contributed by atoms with van der Waals surface area (Å²) in [6.07, 6.45) is 0.465. The summed E-state index contributed by atoms with van der Waals surface area (Å²) in [5, 5.41) is 6.24. The third-order valence-electron chi connectivity index (χ3n) is 3.02. The standard InChI is InChI=1S/C15H24Cl2N2O2S/c1-6-10(8-18-14(20)21-15(3,4)5)19-9(2)11-7-12(16)22-13(11)17/h7,9-10,19H,6,8H2,1-5H3,(H,18,20). The van der Waals surface area contributed by atoms with Gasteiger partial charge in [-0.2, -0.15) is 0 Å². The van der Waals surface area contributed by atoms with Crippen LogP contribution in [-0.4, -0.2) is 24.3 Å². The van der Waals surface area contributed by atoms with Crippen molar-refractivity contribution in [2.45, 2.75) is 58.7 Å². The Labute approximate surface area is 146 Å². The SMILES string of the molecule is CCC(CNC(=O)OC(C)(C)C)NC(C)c1cc(Cl)sc1Cl. The molecule has 0 aliphatic carbocycles. The predicted octanol–water partition coefficient (Wildman–Crippen LogP) is 5.01. The lowest BCUT2D eigenvalue weighted by atomic mass is 10.1. The summed E-state index contributed by atoms with van der Waals surface area (Å²) in [6, 6.07) is 2.05. The first-order valence-electron chi connectivity index (χ1n) is 7.30. The van der Waals surface area contributed by atoms with Crippen LogP contribution in [0.25, 0.3) is 0 Å². The molecule has 0 spiro atoms. The lowest BCUT2D eigenvalue weighted by Crippen LogP contribution is -2.43. The molecule has 0 aliphatic rings. The van der Waals surface area contributed by atoms with Gasteiger partial charge < -0.3 is 15.4 Å². The smallest absolute Gasteiger partial charge is 0.407 e. The van der Waals surface area contributed by atoms with Gasteiger partial charge in [-0.15, -0.1) is 11.3 Å². The highest BCUT2D eigenvalue weighted by Gasteiger charge is 2.19. The number of halogens is 2. The van der Waals surface area contributed by atoms with Gasteiger partial charge in [-0.3, -0.25) is 0 Å². The van der Waals surface area contributed by atoms with Crippen LogP contribution < -0.4 is 10.6 Å². The monoisotopic (exact) mass is 366 g/mol. The Morgan fingerprint density at radius 2 is 2.05 bits per heavy atom. The number of hydrogen-bond acceptors (Lipinski definition) is 4. The molecule has 0 aromatic carbocycles. The third-order valence-corrected chi connectivity index (χ3v) is 4.54. The maximum Gasteiger partial charge on any atom is 0.407 e. The Kier molecular flexibility index (Phi) is 7.46. The van der Waals surface area contributed by atoms with Crippen LogP contribution in [0.2, 0.25) is 8.67 Å². The number of alkyl carbamates (subject to hydrolysis) is 1. The third kappa shape index (κ3) is 6.73. The van der Waals surface area contributed by atoms with Crippen molar-refractivity contribution in [2.24, 2.45) is 0 Å². The molecule has 0 bridgehead atoms. The highest BCUT2D eigenvalue weighted by Crippen LogP contribution is 2.34. The average molecular weight is 367 g/mol. The molecule has 1 aromatic rings. The number of ether oxygens (including phenoxy) is 1. The van der Waals surface area contributed by atoms with Crippen LogP contribution in [0.5, 0.6) is 0 Å². The zero-order valence-corrected chi connectivity index (χ0v) is 16.0. The van der Waals surface area contributed by atoms with Crippen molar-refractivity contribution in [1.29, 1.82) is 0 Å². The zero-order valence-electron chi connectivity index (χ0n) is 13.6. The maximum absolute atomic E-state index is 11.7. The molecule has 2 unspecified atom stereocenters. The van der Waals surface area contributed by atoms with E-state index in [-0.39, 0.29) is 12.1 Å². The second-order valence-electron chi connectivity index (χ2n) is 6.16. The molecule has 0 fully saturated rings. The first-order chi connectivity index (χ1) is 10.1. The summed E-state index contributed by atoms with van der Waals surface area (Å²) in [4.78, 5) is 11.7. The van der Waals surface area contributed by atoms with Gasteiger partial charge >= 0.3 is 6.09 Å². The predicted molar refractivity (Wildman–Crippen MR) is 94.2 cm³/mol. The second-order valence-corrected chi connectivity index (χ2v) is 8.44. The molecule has 2 N–H and O–H groups in total. The topological polar surface area (TPSA) is 50.4 Å². The van der Waals surface area contributed by atoms with E-state index in [1.54, 1.807) is 0 Å². The lowest BCUT2D eigenvalue weighted by molar-refractivity contribution is 0.0521. The lowest BCUT2D eigenvalue weighted by Gasteiger charge is -2.24. The number of nitrogens with one attached hydrogen (secondary N) is 2. The van der Waals surface area contributed by atoms with Crippen molar-refractivity contribution < 1.29 is 9.53 Å². The summed E-state index contributed by atoms with van der Waals surface area (Å²) in [5.74, 6) is 0. The summed E-state index contributed by atoms with van der Waals surface area (Å²) in [7, 11) is 0. The van der Waals surface area contributed by atoms with Crippen molar-refractivity contribution in [3.63, 3.8) is 0 Å². The fourth-order valence-corrected chi connectivity index (χ4v) is 3.58. The molecular weight excluding hydrogens is 343 g/mol. The molecule has 0 radical (unpaired) electrons. The van der Waals surface area contributed by atoms with E-state index in [4.69, 9.17) is 27.9 Å². The highest BCUT2D eigenvalue weighted by atomic mass is 35.5. The Bertz CT molecular complexity index is 500. The Morgan fingerprint density at radius 3 is 2.50 bits per heavy atom. The Hall–Kier alpha value is -0.490. The molecule has 0 aliphatic heterocycles. The molecule has 22 heavy (non-hydrogen) atoms. The van der Waals surface area contributed by atoms with E-state index in [2.05, 4.69) is 17.6 Å². The first-order valence-corrected chi connectivity index (χ1v) is 8.87. The molecule has 2 atom stereocenters. The van der Waals surface area contributed by atoms with Crippen LogP contribution in [0.1, 0.15) is 52.6 Å². The van der Waals surface area contributed by atoms with Gasteiger partial charge in [-0.25, -0.2) is 4.79 Å². The van der Waals surface area contributed by atoms with Gasteiger partial charge in [0.05, 0.1) is 8.67 Å². The molecule has 4 nitrogen and oxygen atoms in total. The Morgan fingerprint density at radius 1 is 1.41 bits per heavy atom. The number of carbonyl (C=O) groups is 1. The van der Waals surface area contributed by atoms with Crippen molar-refractivity contribution in [2.75, 3.05) is 6.54 Å². The zero-order chi connectivity index (χ0) is 16.9. The van der Waals surface area contributed by atoms with Crippen LogP contribution in [0.15, 0.2) is 6.07 Å². The largest absolute Gasteiger partial charge is 0.444 e. The average Bonchev–Trinajstić information content (AvgIpc) is 2.71. The summed E-state index contributed by atoms with van der Waals surface area (Å²) >= 11 is 13.5. The van der Waals surface area contributed by atoms with Crippen molar-refractivity contribution in [3.8, 4) is 0 Å². The summed E-state index contributed by atoms with van der Waals surface area (Å²) < 4.78 is 6.60. The molecule has 126 valence electrons. The Balaban J connectivity index is 2.51. The van der Waals surface area contributed by atoms with Gasteiger partial charge in [0.2, 0.25) is 0 Å². The van der Waals surface area contributed by atoms with E-state index >= 15 is 0 Å². The normalized spacial score (nSPS) is 14.5. The summed E-state index contributed by atoms with van der Waals surface area (Å²) in [5.41, 5.74) is 0.486. The number of hydrogen-bond donors (Lipinski definition) is 2. The fraction of sp³-hybridized carbons (Fsp3) is 0.667. The second kappa shape index (κ2) is 8.39.